The Hall–Kier alpha value is -3.16. The molecule has 0 radical (unpaired) electrons. The Labute approximate surface area is 186 Å². The lowest BCUT2D eigenvalue weighted by atomic mass is 10.1. The van der Waals surface area contributed by atoms with Gasteiger partial charge in [0.15, 0.2) is 0 Å². The molecule has 0 spiro atoms. The Morgan fingerprint density at radius 2 is 1.81 bits per heavy atom. The molecule has 0 aliphatic heterocycles. The average molecular weight is 438 g/mol. The summed E-state index contributed by atoms with van der Waals surface area (Å²) in [6.45, 7) is 5.11. The number of ether oxygens (including phenoxy) is 1. The van der Waals surface area contributed by atoms with Crippen LogP contribution in [0.3, 0.4) is 0 Å². The zero-order valence-electron chi connectivity index (χ0n) is 18.0. The topological polar surface area (TPSA) is 70.7 Å². The number of urea groups is 1. The fourth-order valence-electron chi connectivity index (χ4n) is 3.27. The quantitative estimate of drug-likeness (QED) is 0.535. The number of carbonyl (C=O) groups is 2. The summed E-state index contributed by atoms with van der Waals surface area (Å²) in [6.07, 6.45) is 0. The highest BCUT2D eigenvalue weighted by molar-refractivity contribution is 7.09. The predicted octanol–water partition coefficient (Wildman–Crippen LogP) is 4.72. The smallest absolute Gasteiger partial charge is 0.325 e. The predicted molar refractivity (Wildman–Crippen MR) is 125 cm³/mol. The molecule has 0 fully saturated rings. The van der Waals surface area contributed by atoms with Crippen LogP contribution in [0.25, 0.3) is 0 Å². The highest BCUT2D eigenvalue weighted by Crippen LogP contribution is 2.21. The molecule has 1 heterocycles. The molecule has 0 aliphatic carbocycles. The SMILES string of the molecule is COc1ccccc1CN(CC(=O)NC(=O)Nc1cccc(C)c1C)Cc1cccs1. The van der Waals surface area contributed by atoms with Gasteiger partial charge in [-0.3, -0.25) is 15.0 Å². The van der Waals surface area contributed by atoms with Crippen molar-refractivity contribution in [3.63, 3.8) is 0 Å². The molecule has 3 aromatic rings. The lowest BCUT2D eigenvalue weighted by molar-refractivity contribution is -0.121. The number of aryl methyl sites for hydroxylation is 1. The van der Waals surface area contributed by atoms with E-state index in [0.29, 0.717) is 18.8 Å². The Balaban J connectivity index is 1.66. The fraction of sp³-hybridized carbons (Fsp3) is 0.250. The van der Waals surface area contributed by atoms with Crippen molar-refractivity contribution in [2.45, 2.75) is 26.9 Å². The molecule has 6 nitrogen and oxygen atoms in total. The van der Waals surface area contributed by atoms with E-state index in [2.05, 4.69) is 10.6 Å². The number of imide groups is 1. The number of benzene rings is 2. The first-order valence-electron chi connectivity index (χ1n) is 10.00. The lowest BCUT2D eigenvalue weighted by Crippen LogP contribution is -2.41. The van der Waals surface area contributed by atoms with Crippen LogP contribution in [0.15, 0.2) is 60.0 Å². The van der Waals surface area contributed by atoms with Gasteiger partial charge in [0.25, 0.3) is 0 Å². The van der Waals surface area contributed by atoms with E-state index < -0.39 is 6.03 Å². The van der Waals surface area contributed by atoms with Gasteiger partial charge >= 0.3 is 6.03 Å². The number of carbonyl (C=O) groups excluding carboxylic acids is 2. The third-order valence-electron chi connectivity index (χ3n) is 5.02. The Morgan fingerprint density at radius 3 is 2.55 bits per heavy atom. The minimum absolute atomic E-state index is 0.0795. The zero-order valence-corrected chi connectivity index (χ0v) is 18.8. The Bertz CT molecular complexity index is 1030. The number of nitrogens with zero attached hydrogens (tertiary/aromatic N) is 1. The largest absolute Gasteiger partial charge is 0.496 e. The average Bonchev–Trinajstić information content (AvgIpc) is 3.24. The van der Waals surface area contributed by atoms with E-state index in [0.717, 1.165) is 27.3 Å². The van der Waals surface area contributed by atoms with E-state index >= 15 is 0 Å². The second kappa shape index (κ2) is 10.7. The summed E-state index contributed by atoms with van der Waals surface area (Å²) >= 11 is 1.63. The maximum absolute atomic E-state index is 12.6. The van der Waals surface area contributed by atoms with Crippen LogP contribution in [-0.4, -0.2) is 30.5 Å². The molecule has 2 aromatic carbocycles. The van der Waals surface area contributed by atoms with Crippen LogP contribution in [0, 0.1) is 13.8 Å². The van der Waals surface area contributed by atoms with Crippen LogP contribution >= 0.6 is 11.3 Å². The zero-order chi connectivity index (χ0) is 22.2. The summed E-state index contributed by atoms with van der Waals surface area (Å²) in [5.41, 5.74) is 3.72. The second-order valence-electron chi connectivity index (χ2n) is 7.29. The monoisotopic (exact) mass is 437 g/mol. The molecule has 3 amide bonds. The summed E-state index contributed by atoms with van der Waals surface area (Å²) < 4.78 is 5.45. The van der Waals surface area contributed by atoms with Crippen molar-refractivity contribution in [1.82, 2.24) is 10.2 Å². The molecule has 2 N–H and O–H groups in total. The molecule has 0 unspecified atom stereocenters. The van der Waals surface area contributed by atoms with Crippen molar-refractivity contribution in [2.75, 3.05) is 19.0 Å². The van der Waals surface area contributed by atoms with Gasteiger partial charge in [0, 0.05) is 29.2 Å². The maximum Gasteiger partial charge on any atom is 0.325 e. The molecule has 0 bridgehead atoms. The van der Waals surface area contributed by atoms with Gasteiger partial charge in [-0.05, 0) is 48.6 Å². The Kier molecular flexibility index (Phi) is 7.81. The van der Waals surface area contributed by atoms with Crippen LogP contribution in [0.2, 0.25) is 0 Å². The molecular formula is C24H27N3O3S. The third-order valence-corrected chi connectivity index (χ3v) is 5.88. The standard InChI is InChI=1S/C24H27N3O3S/c1-17-8-6-11-21(18(17)2)25-24(29)26-23(28)16-27(15-20-10-7-13-31-20)14-19-9-4-5-12-22(19)30-3/h4-13H,14-16H2,1-3H3,(H2,25,26,28,29). The van der Waals surface area contributed by atoms with E-state index in [9.17, 15) is 9.59 Å². The second-order valence-corrected chi connectivity index (χ2v) is 8.32. The minimum Gasteiger partial charge on any atom is -0.496 e. The molecule has 1 aromatic heterocycles. The van der Waals surface area contributed by atoms with Gasteiger partial charge in [-0.15, -0.1) is 11.3 Å². The molecule has 31 heavy (non-hydrogen) atoms. The van der Waals surface area contributed by atoms with Gasteiger partial charge in [0.05, 0.1) is 13.7 Å². The summed E-state index contributed by atoms with van der Waals surface area (Å²) in [4.78, 5) is 28.1. The van der Waals surface area contributed by atoms with Crippen LogP contribution in [0.5, 0.6) is 5.75 Å². The number of hydrogen-bond donors (Lipinski definition) is 2. The van der Waals surface area contributed by atoms with Crippen molar-refractivity contribution >= 4 is 29.0 Å². The van der Waals surface area contributed by atoms with Crippen LogP contribution < -0.4 is 15.4 Å². The number of rotatable bonds is 8. The number of nitrogens with one attached hydrogen (secondary N) is 2. The molecule has 0 saturated carbocycles. The van der Waals surface area contributed by atoms with E-state index in [1.54, 1.807) is 18.4 Å². The summed E-state index contributed by atoms with van der Waals surface area (Å²) in [7, 11) is 1.63. The summed E-state index contributed by atoms with van der Waals surface area (Å²) in [5.74, 6) is 0.404. The van der Waals surface area contributed by atoms with Gasteiger partial charge in [-0.1, -0.05) is 36.4 Å². The van der Waals surface area contributed by atoms with Crippen LogP contribution in [0.1, 0.15) is 21.6 Å². The number of hydrogen-bond acceptors (Lipinski definition) is 5. The van der Waals surface area contributed by atoms with E-state index in [-0.39, 0.29) is 12.5 Å². The molecular weight excluding hydrogens is 410 g/mol. The van der Waals surface area contributed by atoms with Crippen LogP contribution in [0.4, 0.5) is 10.5 Å². The number of para-hydroxylation sites is 1. The first-order chi connectivity index (χ1) is 15.0. The molecule has 0 atom stereocenters. The Morgan fingerprint density at radius 1 is 1.00 bits per heavy atom. The lowest BCUT2D eigenvalue weighted by Gasteiger charge is -2.22. The van der Waals surface area contributed by atoms with E-state index in [1.807, 2.05) is 78.7 Å². The summed E-state index contributed by atoms with van der Waals surface area (Å²) in [5, 5.41) is 7.21. The van der Waals surface area contributed by atoms with Gasteiger partial charge in [-0.25, -0.2) is 4.79 Å². The normalized spacial score (nSPS) is 10.7. The highest BCUT2D eigenvalue weighted by atomic mass is 32.1. The first-order valence-corrected chi connectivity index (χ1v) is 10.9. The van der Waals surface area contributed by atoms with Crippen molar-refractivity contribution in [2.24, 2.45) is 0 Å². The molecule has 0 saturated heterocycles. The van der Waals surface area contributed by atoms with Crippen molar-refractivity contribution in [1.29, 1.82) is 0 Å². The van der Waals surface area contributed by atoms with Gasteiger partial charge in [-0.2, -0.15) is 0 Å². The molecule has 3 rings (SSSR count). The van der Waals surface area contributed by atoms with Crippen LogP contribution in [-0.2, 0) is 17.9 Å². The minimum atomic E-state index is -0.535. The van der Waals surface area contributed by atoms with Gasteiger partial charge in [0.2, 0.25) is 5.91 Å². The van der Waals surface area contributed by atoms with Crippen molar-refractivity contribution in [3.8, 4) is 5.75 Å². The number of amides is 3. The molecule has 7 heteroatoms. The maximum atomic E-state index is 12.6. The van der Waals surface area contributed by atoms with Gasteiger partial charge in [0.1, 0.15) is 5.75 Å². The van der Waals surface area contributed by atoms with Crippen molar-refractivity contribution < 1.29 is 14.3 Å². The van der Waals surface area contributed by atoms with E-state index in [1.165, 1.54) is 0 Å². The highest BCUT2D eigenvalue weighted by Gasteiger charge is 2.17. The summed E-state index contributed by atoms with van der Waals surface area (Å²) in [6, 6.07) is 16.9. The fourth-order valence-corrected chi connectivity index (χ4v) is 4.02. The first kappa shape index (κ1) is 22.5. The third kappa shape index (κ3) is 6.41. The molecule has 0 aliphatic rings. The number of methoxy groups -OCH3 is 1. The van der Waals surface area contributed by atoms with Crippen molar-refractivity contribution in [3.05, 3.63) is 81.5 Å². The number of thiophene rings is 1. The van der Waals surface area contributed by atoms with Gasteiger partial charge < -0.3 is 10.1 Å². The molecule has 162 valence electrons. The van der Waals surface area contributed by atoms with E-state index in [4.69, 9.17) is 4.74 Å². The number of anilines is 1.